The third-order valence-electron chi connectivity index (χ3n) is 3.23. The minimum Gasteiger partial charge on any atom is -0.478 e. The number of hydrogen-bond acceptors (Lipinski definition) is 3. The van der Waals surface area contributed by atoms with E-state index in [1.165, 1.54) is 12.1 Å². The van der Waals surface area contributed by atoms with Crippen molar-refractivity contribution in [1.82, 2.24) is 0 Å². The van der Waals surface area contributed by atoms with E-state index in [0.717, 1.165) is 12.8 Å². The molecule has 5 heteroatoms. The predicted molar refractivity (Wildman–Crippen MR) is 71.7 cm³/mol. The Bertz CT molecular complexity index is 465. The maximum Gasteiger partial charge on any atom is 0.268 e. The van der Waals surface area contributed by atoms with Gasteiger partial charge in [0.1, 0.15) is 11.6 Å². The SMILES string of the molecule is CCC1Oc2ccc(F)cc2N(CCCCN)C1=O. The molecule has 0 saturated heterocycles. The number of amides is 1. The summed E-state index contributed by atoms with van der Waals surface area (Å²) >= 11 is 0. The molecule has 1 unspecified atom stereocenters. The number of benzene rings is 1. The molecule has 1 aliphatic rings. The Balaban J connectivity index is 2.27. The zero-order valence-electron chi connectivity index (χ0n) is 11.1. The summed E-state index contributed by atoms with van der Waals surface area (Å²) in [7, 11) is 0. The van der Waals surface area contributed by atoms with Gasteiger partial charge < -0.3 is 15.4 Å². The molecule has 0 radical (unpaired) electrons. The summed E-state index contributed by atoms with van der Waals surface area (Å²) in [5.41, 5.74) is 5.98. The Morgan fingerprint density at radius 1 is 1.42 bits per heavy atom. The van der Waals surface area contributed by atoms with Crippen LogP contribution in [0.3, 0.4) is 0 Å². The highest BCUT2D eigenvalue weighted by Crippen LogP contribution is 2.35. The van der Waals surface area contributed by atoms with Crippen LogP contribution in [0.15, 0.2) is 18.2 Å². The van der Waals surface area contributed by atoms with Gasteiger partial charge in [0.15, 0.2) is 6.10 Å². The van der Waals surface area contributed by atoms with Crippen molar-refractivity contribution in [2.75, 3.05) is 18.0 Å². The molecule has 0 aromatic heterocycles. The molecule has 1 atom stereocenters. The molecule has 2 rings (SSSR count). The molecule has 0 bridgehead atoms. The third kappa shape index (κ3) is 2.87. The lowest BCUT2D eigenvalue weighted by molar-refractivity contribution is -0.126. The van der Waals surface area contributed by atoms with E-state index in [-0.39, 0.29) is 11.7 Å². The fraction of sp³-hybridized carbons (Fsp3) is 0.500. The van der Waals surface area contributed by atoms with Crippen LogP contribution >= 0.6 is 0 Å². The number of fused-ring (bicyclic) bond motifs is 1. The van der Waals surface area contributed by atoms with Gasteiger partial charge in [0.25, 0.3) is 5.91 Å². The molecule has 1 aromatic rings. The van der Waals surface area contributed by atoms with Crippen LogP contribution in [0.25, 0.3) is 0 Å². The van der Waals surface area contributed by atoms with Crippen LogP contribution in [-0.2, 0) is 4.79 Å². The van der Waals surface area contributed by atoms with Crippen LogP contribution in [0.5, 0.6) is 5.75 Å². The van der Waals surface area contributed by atoms with Gasteiger partial charge in [-0.15, -0.1) is 0 Å². The van der Waals surface area contributed by atoms with Crippen molar-refractivity contribution >= 4 is 11.6 Å². The summed E-state index contributed by atoms with van der Waals surface area (Å²) in [6, 6.07) is 4.27. The first kappa shape index (κ1) is 13.8. The predicted octanol–water partition coefficient (Wildman–Crippen LogP) is 2.07. The number of nitrogens with zero attached hydrogens (tertiary/aromatic N) is 1. The first-order chi connectivity index (χ1) is 9.17. The highest BCUT2D eigenvalue weighted by Gasteiger charge is 2.33. The standard InChI is InChI=1S/C14H19FN2O2/c1-2-12-14(18)17(8-4-3-7-16)11-9-10(15)5-6-13(11)19-12/h5-6,9,12H,2-4,7-8,16H2,1H3. The van der Waals surface area contributed by atoms with Crippen LogP contribution < -0.4 is 15.4 Å². The second kappa shape index (κ2) is 6.02. The summed E-state index contributed by atoms with van der Waals surface area (Å²) in [6.07, 6.45) is 1.76. The number of hydrogen-bond donors (Lipinski definition) is 1. The van der Waals surface area contributed by atoms with Crippen LogP contribution in [0, 0.1) is 5.82 Å². The maximum absolute atomic E-state index is 13.3. The molecular formula is C14H19FN2O2. The van der Waals surface area contributed by atoms with E-state index in [1.54, 1.807) is 11.0 Å². The molecule has 1 aliphatic heterocycles. The molecule has 0 fully saturated rings. The lowest BCUT2D eigenvalue weighted by Gasteiger charge is -2.34. The minimum atomic E-state index is -0.476. The average molecular weight is 266 g/mol. The monoisotopic (exact) mass is 266 g/mol. The van der Waals surface area contributed by atoms with E-state index in [2.05, 4.69) is 0 Å². The van der Waals surface area contributed by atoms with Gasteiger partial charge in [-0.1, -0.05) is 6.92 Å². The van der Waals surface area contributed by atoms with Gasteiger partial charge in [-0.05, 0) is 37.9 Å². The summed E-state index contributed by atoms with van der Waals surface area (Å²) in [5, 5.41) is 0. The lowest BCUT2D eigenvalue weighted by atomic mass is 10.1. The van der Waals surface area contributed by atoms with Gasteiger partial charge in [-0.2, -0.15) is 0 Å². The molecule has 1 aromatic carbocycles. The van der Waals surface area contributed by atoms with E-state index in [1.807, 2.05) is 6.92 Å². The van der Waals surface area contributed by atoms with E-state index >= 15 is 0 Å². The highest BCUT2D eigenvalue weighted by molar-refractivity contribution is 5.99. The highest BCUT2D eigenvalue weighted by atomic mass is 19.1. The third-order valence-corrected chi connectivity index (χ3v) is 3.23. The quantitative estimate of drug-likeness (QED) is 0.830. The summed E-state index contributed by atoms with van der Waals surface area (Å²) in [6.45, 7) is 3.03. The van der Waals surface area contributed by atoms with Crippen LogP contribution in [0.1, 0.15) is 26.2 Å². The molecule has 4 nitrogen and oxygen atoms in total. The number of anilines is 1. The Labute approximate surface area is 112 Å². The number of rotatable bonds is 5. The van der Waals surface area contributed by atoms with Gasteiger partial charge in [0.2, 0.25) is 0 Å². The second-order valence-electron chi connectivity index (χ2n) is 4.61. The van der Waals surface area contributed by atoms with Gasteiger partial charge in [0.05, 0.1) is 5.69 Å². The molecule has 19 heavy (non-hydrogen) atoms. The van der Waals surface area contributed by atoms with Gasteiger partial charge in [-0.3, -0.25) is 4.79 Å². The molecule has 0 saturated carbocycles. The smallest absolute Gasteiger partial charge is 0.268 e. The summed E-state index contributed by atoms with van der Waals surface area (Å²) in [5.74, 6) is 0.104. The van der Waals surface area contributed by atoms with E-state index in [4.69, 9.17) is 10.5 Å². The zero-order valence-corrected chi connectivity index (χ0v) is 11.1. The average Bonchev–Trinajstić information content (AvgIpc) is 2.41. The van der Waals surface area contributed by atoms with Crippen molar-refractivity contribution in [1.29, 1.82) is 0 Å². The van der Waals surface area contributed by atoms with E-state index < -0.39 is 6.10 Å². The first-order valence-electron chi connectivity index (χ1n) is 6.65. The molecule has 2 N–H and O–H groups in total. The fourth-order valence-electron chi connectivity index (χ4n) is 2.20. The van der Waals surface area contributed by atoms with Crippen molar-refractivity contribution in [3.8, 4) is 5.75 Å². The Morgan fingerprint density at radius 3 is 2.89 bits per heavy atom. The maximum atomic E-state index is 13.3. The van der Waals surface area contributed by atoms with Crippen molar-refractivity contribution in [3.05, 3.63) is 24.0 Å². The molecule has 1 amide bonds. The Morgan fingerprint density at radius 2 is 2.21 bits per heavy atom. The lowest BCUT2D eigenvalue weighted by Crippen LogP contribution is -2.46. The molecule has 104 valence electrons. The van der Waals surface area contributed by atoms with Crippen molar-refractivity contribution < 1.29 is 13.9 Å². The number of carbonyl (C=O) groups is 1. The molecule has 0 spiro atoms. The number of halogens is 1. The van der Waals surface area contributed by atoms with E-state index in [9.17, 15) is 9.18 Å². The molecule has 1 heterocycles. The van der Waals surface area contributed by atoms with Crippen molar-refractivity contribution in [2.24, 2.45) is 5.73 Å². The number of ether oxygens (including phenoxy) is 1. The zero-order chi connectivity index (χ0) is 13.8. The van der Waals surface area contributed by atoms with Crippen LogP contribution in [-0.4, -0.2) is 25.1 Å². The van der Waals surface area contributed by atoms with Gasteiger partial charge in [-0.25, -0.2) is 4.39 Å². The fourth-order valence-corrected chi connectivity index (χ4v) is 2.20. The van der Waals surface area contributed by atoms with Crippen molar-refractivity contribution in [3.63, 3.8) is 0 Å². The number of nitrogens with two attached hydrogens (primary N) is 1. The molecule has 0 aliphatic carbocycles. The van der Waals surface area contributed by atoms with Gasteiger partial charge in [0, 0.05) is 12.6 Å². The number of carbonyl (C=O) groups excluding carboxylic acids is 1. The van der Waals surface area contributed by atoms with E-state index in [0.29, 0.717) is 30.9 Å². The largest absolute Gasteiger partial charge is 0.478 e. The minimum absolute atomic E-state index is 0.0994. The summed E-state index contributed by atoms with van der Waals surface area (Å²) in [4.78, 5) is 13.9. The molecular weight excluding hydrogens is 247 g/mol. The Kier molecular flexibility index (Phi) is 4.37. The number of unbranched alkanes of at least 4 members (excludes halogenated alkanes) is 1. The van der Waals surface area contributed by atoms with Crippen LogP contribution in [0.4, 0.5) is 10.1 Å². The first-order valence-corrected chi connectivity index (χ1v) is 6.65. The second-order valence-corrected chi connectivity index (χ2v) is 4.61. The topological polar surface area (TPSA) is 55.6 Å². The van der Waals surface area contributed by atoms with Crippen LogP contribution in [0.2, 0.25) is 0 Å². The van der Waals surface area contributed by atoms with Crippen molar-refractivity contribution in [2.45, 2.75) is 32.3 Å². The summed E-state index contributed by atoms with van der Waals surface area (Å²) < 4.78 is 19.0. The Hall–Kier alpha value is -1.62. The van der Waals surface area contributed by atoms with Gasteiger partial charge >= 0.3 is 0 Å². The normalized spacial score (nSPS) is 18.2.